The molecule has 0 fully saturated rings. The first-order chi connectivity index (χ1) is 7.14. The van der Waals surface area contributed by atoms with Gasteiger partial charge in [0.25, 0.3) is 10.1 Å². The van der Waals surface area contributed by atoms with E-state index < -0.39 is 33.2 Å². The maximum atomic E-state index is 10.7. The fraction of sp³-hybridized carbons (Fsp3) is 0.750. The van der Waals surface area contributed by atoms with Crippen molar-refractivity contribution < 1.29 is 32.8 Å². The first-order valence-electron chi connectivity index (χ1n) is 4.55. The molecule has 0 rings (SSSR count). The second-order valence-corrected chi connectivity index (χ2v) is 5.36. The summed E-state index contributed by atoms with van der Waals surface area (Å²) in [6, 6.07) is 0. The van der Waals surface area contributed by atoms with Crippen LogP contribution in [0.5, 0.6) is 0 Å². The van der Waals surface area contributed by atoms with Crippen molar-refractivity contribution in [1.82, 2.24) is 0 Å². The summed E-state index contributed by atoms with van der Waals surface area (Å²) in [6.07, 6.45) is -0.818. The second kappa shape index (κ2) is 5.80. The molecular weight excluding hydrogens is 240 g/mol. The quantitative estimate of drug-likeness (QED) is 0.554. The fourth-order valence-corrected chi connectivity index (χ4v) is 1.64. The van der Waals surface area contributed by atoms with E-state index >= 15 is 0 Å². The molecule has 2 atom stereocenters. The normalized spacial score (nSPS) is 15.4. The van der Waals surface area contributed by atoms with Crippen molar-refractivity contribution >= 4 is 22.1 Å². The smallest absolute Gasteiger partial charge is 0.306 e. The molecule has 3 N–H and O–H groups in total. The Labute approximate surface area is 92.8 Å². The minimum atomic E-state index is -4.28. The van der Waals surface area contributed by atoms with Crippen molar-refractivity contribution in [2.24, 2.45) is 5.92 Å². The first-order valence-corrected chi connectivity index (χ1v) is 6.05. The molecule has 0 aromatic heterocycles. The predicted molar refractivity (Wildman–Crippen MR) is 53.6 cm³/mol. The third-order valence-corrected chi connectivity index (χ3v) is 3.39. The molecule has 0 aliphatic carbocycles. The number of hydrogen-bond acceptors (Lipinski definition) is 4. The van der Waals surface area contributed by atoms with Crippen molar-refractivity contribution in [1.29, 1.82) is 0 Å². The summed E-state index contributed by atoms with van der Waals surface area (Å²) in [7, 11) is -4.28. The third-order valence-electron chi connectivity index (χ3n) is 2.18. The lowest BCUT2D eigenvalue weighted by Crippen LogP contribution is -2.25. The van der Waals surface area contributed by atoms with Gasteiger partial charge in [-0.3, -0.25) is 14.1 Å². The molecule has 7 nitrogen and oxygen atoms in total. The highest BCUT2D eigenvalue weighted by Gasteiger charge is 2.27. The molecule has 0 aliphatic heterocycles. The summed E-state index contributed by atoms with van der Waals surface area (Å²) < 4.78 is 30.0. The van der Waals surface area contributed by atoms with Crippen molar-refractivity contribution in [3.05, 3.63) is 0 Å². The zero-order valence-corrected chi connectivity index (χ0v) is 9.48. The molecule has 0 amide bonds. The van der Waals surface area contributed by atoms with Gasteiger partial charge in [0, 0.05) is 6.42 Å². The van der Waals surface area contributed by atoms with Crippen LogP contribution in [0.15, 0.2) is 0 Å². The highest BCUT2D eigenvalue weighted by molar-refractivity contribution is 7.86. The van der Waals surface area contributed by atoms with Gasteiger partial charge >= 0.3 is 11.9 Å². The highest BCUT2D eigenvalue weighted by Crippen LogP contribution is 2.17. The van der Waals surface area contributed by atoms with Crippen LogP contribution in [0.4, 0.5) is 0 Å². The largest absolute Gasteiger partial charge is 0.481 e. The molecule has 16 heavy (non-hydrogen) atoms. The molecular formula is C8H14O7S. The van der Waals surface area contributed by atoms with E-state index in [-0.39, 0.29) is 19.3 Å². The van der Waals surface area contributed by atoms with E-state index in [1.807, 2.05) is 0 Å². The van der Waals surface area contributed by atoms with Crippen LogP contribution in [0.3, 0.4) is 0 Å². The van der Waals surface area contributed by atoms with E-state index in [1.54, 1.807) is 0 Å². The number of carboxylic acids is 2. The molecule has 0 aromatic carbocycles. The SMILES string of the molecule is CC(CC(CCC(=O)O)C(=O)O)S(=O)(=O)O. The van der Waals surface area contributed by atoms with Gasteiger partial charge in [0.15, 0.2) is 0 Å². The Balaban J connectivity index is 4.46. The lowest BCUT2D eigenvalue weighted by molar-refractivity contribution is -0.143. The Hall–Kier alpha value is -1.15. The van der Waals surface area contributed by atoms with E-state index in [9.17, 15) is 18.0 Å². The van der Waals surface area contributed by atoms with Gasteiger partial charge in [-0.2, -0.15) is 8.42 Å². The van der Waals surface area contributed by atoms with E-state index in [4.69, 9.17) is 14.8 Å². The maximum absolute atomic E-state index is 10.7. The number of carbonyl (C=O) groups is 2. The molecule has 94 valence electrons. The predicted octanol–water partition coefficient (Wildman–Crippen LogP) is 0.218. The van der Waals surface area contributed by atoms with Crippen molar-refractivity contribution in [2.75, 3.05) is 0 Å². The van der Waals surface area contributed by atoms with Crippen molar-refractivity contribution in [2.45, 2.75) is 31.4 Å². The second-order valence-electron chi connectivity index (χ2n) is 3.53. The molecule has 0 bridgehead atoms. The highest BCUT2D eigenvalue weighted by atomic mass is 32.2. The molecule has 2 unspecified atom stereocenters. The Morgan fingerprint density at radius 1 is 1.25 bits per heavy atom. The molecule has 0 radical (unpaired) electrons. The molecule has 0 aliphatic rings. The van der Waals surface area contributed by atoms with Gasteiger partial charge in [-0.1, -0.05) is 0 Å². The van der Waals surface area contributed by atoms with Gasteiger partial charge in [0.05, 0.1) is 11.2 Å². The van der Waals surface area contributed by atoms with Gasteiger partial charge in [0.1, 0.15) is 0 Å². The molecule has 0 saturated heterocycles. The molecule has 0 heterocycles. The average Bonchev–Trinajstić information content (AvgIpc) is 2.09. The lowest BCUT2D eigenvalue weighted by atomic mass is 9.98. The standard InChI is InChI=1S/C8H14O7S/c1-5(16(13,14)15)4-6(8(11)12)2-3-7(9)10/h5-6H,2-4H2,1H3,(H,9,10)(H,11,12)(H,13,14,15). The number of rotatable bonds is 7. The minimum absolute atomic E-state index is 0.162. The maximum Gasteiger partial charge on any atom is 0.306 e. The van der Waals surface area contributed by atoms with Crippen LogP contribution in [0.2, 0.25) is 0 Å². The van der Waals surface area contributed by atoms with Gasteiger partial charge in [0.2, 0.25) is 0 Å². The Bertz CT molecular complexity index is 359. The van der Waals surface area contributed by atoms with E-state index in [0.29, 0.717) is 0 Å². The zero-order chi connectivity index (χ0) is 12.9. The number of carboxylic acid groups (broad SMARTS) is 2. The van der Waals surface area contributed by atoms with Gasteiger partial charge in [-0.15, -0.1) is 0 Å². The Morgan fingerprint density at radius 3 is 2.06 bits per heavy atom. The molecule has 8 heteroatoms. The molecule has 0 spiro atoms. The van der Waals surface area contributed by atoms with Crippen LogP contribution in [-0.4, -0.2) is 40.4 Å². The van der Waals surface area contributed by atoms with Crippen LogP contribution < -0.4 is 0 Å². The number of hydrogen-bond donors (Lipinski definition) is 3. The molecule has 0 aromatic rings. The summed E-state index contributed by atoms with van der Waals surface area (Å²) in [5.41, 5.74) is 0. The fourth-order valence-electron chi connectivity index (χ4n) is 1.16. The third kappa shape index (κ3) is 5.66. The van der Waals surface area contributed by atoms with Gasteiger partial charge in [-0.25, -0.2) is 0 Å². The topological polar surface area (TPSA) is 129 Å². The Morgan fingerprint density at radius 2 is 1.75 bits per heavy atom. The summed E-state index contributed by atoms with van der Waals surface area (Å²) >= 11 is 0. The first kappa shape index (κ1) is 14.8. The number of aliphatic carboxylic acids is 2. The van der Waals surface area contributed by atoms with Gasteiger partial charge in [-0.05, 0) is 19.8 Å². The monoisotopic (exact) mass is 254 g/mol. The van der Waals surface area contributed by atoms with Crippen LogP contribution in [-0.2, 0) is 19.7 Å². The van der Waals surface area contributed by atoms with Crippen molar-refractivity contribution in [3.63, 3.8) is 0 Å². The van der Waals surface area contributed by atoms with Crippen LogP contribution >= 0.6 is 0 Å². The van der Waals surface area contributed by atoms with E-state index in [2.05, 4.69) is 0 Å². The minimum Gasteiger partial charge on any atom is -0.481 e. The van der Waals surface area contributed by atoms with Crippen LogP contribution in [0.1, 0.15) is 26.2 Å². The zero-order valence-electron chi connectivity index (χ0n) is 8.66. The Kier molecular flexibility index (Phi) is 5.39. The van der Waals surface area contributed by atoms with E-state index in [0.717, 1.165) is 0 Å². The summed E-state index contributed by atoms with van der Waals surface area (Å²) in [5, 5.41) is 15.9. The van der Waals surface area contributed by atoms with Gasteiger partial charge < -0.3 is 10.2 Å². The average molecular weight is 254 g/mol. The summed E-state index contributed by atoms with van der Waals surface area (Å²) in [5.74, 6) is -3.50. The van der Waals surface area contributed by atoms with Crippen molar-refractivity contribution in [3.8, 4) is 0 Å². The lowest BCUT2D eigenvalue weighted by Gasteiger charge is -2.14. The van der Waals surface area contributed by atoms with Crippen LogP contribution in [0, 0.1) is 5.92 Å². The summed E-state index contributed by atoms with van der Waals surface area (Å²) in [4.78, 5) is 21.0. The summed E-state index contributed by atoms with van der Waals surface area (Å²) in [6.45, 7) is 1.17. The molecule has 0 saturated carbocycles. The van der Waals surface area contributed by atoms with E-state index in [1.165, 1.54) is 6.92 Å². The van der Waals surface area contributed by atoms with Crippen LogP contribution in [0.25, 0.3) is 0 Å².